The predicted molar refractivity (Wildman–Crippen MR) is 128 cm³/mol. The molecular weight excluding hydrogens is 417 g/mol. The summed E-state index contributed by atoms with van der Waals surface area (Å²) in [5.74, 6) is 1.10. The molecule has 0 radical (unpaired) electrons. The Kier molecular flexibility index (Phi) is 5.18. The third-order valence-corrected chi connectivity index (χ3v) is 5.53. The number of pyridine rings is 1. The van der Waals surface area contributed by atoms with Gasteiger partial charge in [-0.3, -0.25) is 4.98 Å². The SMILES string of the molecule is Cc1nc(-c2cccc(N)c2)cc2cn(Cc3ccc(Oc4ccc(F)cc4)cc3)c(O)c12. The van der Waals surface area contributed by atoms with Crippen molar-refractivity contribution in [2.24, 2.45) is 0 Å². The number of fused-ring (bicyclic) bond motifs is 1. The first kappa shape index (κ1) is 20.6. The van der Waals surface area contributed by atoms with Crippen LogP contribution >= 0.6 is 0 Å². The number of halogens is 1. The standard InChI is InChI=1S/C27H22FN3O2/c1-17-26-20(14-25(30-17)19-3-2-4-22(29)13-19)16-31(27(26)32)15-18-5-9-23(10-6-18)33-24-11-7-21(28)8-12-24/h2-14,16,32H,15,29H2,1H3. The summed E-state index contributed by atoms with van der Waals surface area (Å²) in [5.41, 5.74) is 10.1. The summed E-state index contributed by atoms with van der Waals surface area (Å²) in [5, 5.41) is 12.5. The van der Waals surface area contributed by atoms with Crippen LogP contribution in [-0.2, 0) is 6.54 Å². The summed E-state index contributed by atoms with van der Waals surface area (Å²) in [4.78, 5) is 4.68. The van der Waals surface area contributed by atoms with Crippen molar-refractivity contribution in [1.29, 1.82) is 0 Å². The van der Waals surface area contributed by atoms with Crippen LogP contribution in [0, 0.1) is 12.7 Å². The molecule has 0 aliphatic heterocycles. The minimum atomic E-state index is -0.304. The Labute approximate surface area is 190 Å². The predicted octanol–water partition coefficient (Wildman–Crippen LogP) is 6.28. The number of aryl methyl sites for hydroxylation is 1. The molecule has 0 aliphatic rings. The Bertz CT molecular complexity index is 1440. The Morgan fingerprint density at radius 1 is 0.970 bits per heavy atom. The Hall–Kier alpha value is -4.32. The topological polar surface area (TPSA) is 73.3 Å². The fraction of sp³-hybridized carbons (Fsp3) is 0.0741. The van der Waals surface area contributed by atoms with Crippen molar-refractivity contribution in [2.45, 2.75) is 13.5 Å². The third kappa shape index (κ3) is 4.23. The molecular formula is C27H22FN3O2. The van der Waals surface area contributed by atoms with Crippen LogP contribution in [0.5, 0.6) is 17.4 Å². The number of aromatic hydroxyl groups is 1. The fourth-order valence-electron chi connectivity index (χ4n) is 3.93. The molecule has 5 nitrogen and oxygen atoms in total. The molecule has 33 heavy (non-hydrogen) atoms. The molecule has 6 heteroatoms. The lowest BCUT2D eigenvalue weighted by atomic mass is 10.1. The van der Waals surface area contributed by atoms with E-state index in [0.717, 1.165) is 33.3 Å². The summed E-state index contributed by atoms with van der Waals surface area (Å²) >= 11 is 0. The van der Waals surface area contributed by atoms with E-state index in [1.807, 2.05) is 67.7 Å². The van der Waals surface area contributed by atoms with E-state index >= 15 is 0 Å². The van der Waals surface area contributed by atoms with Crippen LogP contribution in [0.25, 0.3) is 22.0 Å². The van der Waals surface area contributed by atoms with Crippen LogP contribution in [-0.4, -0.2) is 14.7 Å². The maximum absolute atomic E-state index is 13.1. The van der Waals surface area contributed by atoms with E-state index in [9.17, 15) is 9.50 Å². The van der Waals surface area contributed by atoms with Gasteiger partial charge in [0, 0.05) is 22.8 Å². The highest BCUT2D eigenvalue weighted by Crippen LogP contribution is 2.33. The molecule has 5 aromatic rings. The van der Waals surface area contributed by atoms with Crippen molar-refractivity contribution in [2.75, 3.05) is 5.73 Å². The minimum absolute atomic E-state index is 0.181. The van der Waals surface area contributed by atoms with E-state index in [-0.39, 0.29) is 11.7 Å². The molecule has 0 atom stereocenters. The van der Waals surface area contributed by atoms with Crippen molar-refractivity contribution in [3.63, 3.8) is 0 Å². The summed E-state index contributed by atoms with van der Waals surface area (Å²) in [6, 6.07) is 23.0. The van der Waals surface area contributed by atoms with Crippen LogP contribution in [0.2, 0.25) is 0 Å². The van der Waals surface area contributed by atoms with Gasteiger partial charge in [0.1, 0.15) is 17.3 Å². The summed E-state index contributed by atoms with van der Waals surface area (Å²) in [6.07, 6.45) is 1.93. The van der Waals surface area contributed by atoms with E-state index in [4.69, 9.17) is 10.5 Å². The second-order valence-corrected chi connectivity index (χ2v) is 7.96. The number of hydrogen-bond donors (Lipinski definition) is 2. The lowest BCUT2D eigenvalue weighted by molar-refractivity contribution is 0.430. The normalized spacial score (nSPS) is 11.1. The van der Waals surface area contributed by atoms with Crippen LogP contribution in [0.1, 0.15) is 11.3 Å². The number of anilines is 1. The maximum atomic E-state index is 13.1. The molecule has 2 heterocycles. The zero-order valence-electron chi connectivity index (χ0n) is 18.0. The van der Waals surface area contributed by atoms with Gasteiger partial charge in [-0.2, -0.15) is 0 Å². The number of hydrogen-bond acceptors (Lipinski definition) is 4. The Morgan fingerprint density at radius 2 is 1.67 bits per heavy atom. The molecule has 0 amide bonds. The summed E-state index contributed by atoms with van der Waals surface area (Å²) < 4.78 is 20.6. The van der Waals surface area contributed by atoms with E-state index in [2.05, 4.69) is 4.98 Å². The van der Waals surface area contributed by atoms with E-state index < -0.39 is 0 Å². The van der Waals surface area contributed by atoms with E-state index in [1.54, 1.807) is 16.7 Å². The van der Waals surface area contributed by atoms with Gasteiger partial charge in [0.15, 0.2) is 0 Å². The van der Waals surface area contributed by atoms with Gasteiger partial charge >= 0.3 is 0 Å². The van der Waals surface area contributed by atoms with Crippen LogP contribution in [0.15, 0.2) is 85.1 Å². The molecule has 0 bridgehead atoms. The first-order valence-corrected chi connectivity index (χ1v) is 10.5. The number of nitrogen functional groups attached to an aromatic ring is 1. The third-order valence-electron chi connectivity index (χ3n) is 5.53. The van der Waals surface area contributed by atoms with Crippen molar-refractivity contribution >= 4 is 16.5 Å². The highest BCUT2D eigenvalue weighted by atomic mass is 19.1. The Balaban J connectivity index is 1.40. The maximum Gasteiger partial charge on any atom is 0.201 e. The summed E-state index contributed by atoms with van der Waals surface area (Å²) in [6.45, 7) is 2.38. The van der Waals surface area contributed by atoms with Crippen LogP contribution < -0.4 is 10.5 Å². The quantitative estimate of drug-likeness (QED) is 0.316. The van der Waals surface area contributed by atoms with Gasteiger partial charge in [0.25, 0.3) is 0 Å². The van der Waals surface area contributed by atoms with Gasteiger partial charge in [-0.1, -0.05) is 24.3 Å². The number of rotatable bonds is 5. The average Bonchev–Trinajstić information content (AvgIpc) is 3.12. The molecule has 0 saturated heterocycles. The first-order chi connectivity index (χ1) is 16.0. The van der Waals surface area contributed by atoms with Crippen molar-refractivity contribution in [1.82, 2.24) is 9.55 Å². The van der Waals surface area contributed by atoms with Gasteiger partial charge in [-0.05, 0) is 67.1 Å². The lowest BCUT2D eigenvalue weighted by Gasteiger charge is -2.08. The number of benzene rings is 3. The van der Waals surface area contributed by atoms with E-state index in [0.29, 0.717) is 23.7 Å². The summed E-state index contributed by atoms with van der Waals surface area (Å²) in [7, 11) is 0. The van der Waals surface area contributed by atoms with Gasteiger partial charge in [0.05, 0.1) is 23.3 Å². The molecule has 0 saturated carbocycles. The van der Waals surface area contributed by atoms with Crippen LogP contribution in [0.4, 0.5) is 10.1 Å². The van der Waals surface area contributed by atoms with E-state index in [1.165, 1.54) is 12.1 Å². The molecule has 0 aliphatic carbocycles. The molecule has 0 fully saturated rings. The molecule has 3 aromatic carbocycles. The number of nitrogens with two attached hydrogens (primary N) is 1. The van der Waals surface area contributed by atoms with Gasteiger partial charge in [-0.15, -0.1) is 0 Å². The average molecular weight is 439 g/mol. The highest BCUT2D eigenvalue weighted by Gasteiger charge is 2.14. The van der Waals surface area contributed by atoms with Crippen molar-refractivity contribution < 1.29 is 14.2 Å². The zero-order valence-corrected chi connectivity index (χ0v) is 18.0. The zero-order chi connectivity index (χ0) is 22.9. The largest absolute Gasteiger partial charge is 0.494 e. The second-order valence-electron chi connectivity index (χ2n) is 7.96. The molecule has 3 N–H and O–H groups in total. The van der Waals surface area contributed by atoms with Crippen molar-refractivity contribution in [3.05, 3.63) is 102 Å². The fourth-order valence-corrected chi connectivity index (χ4v) is 3.93. The van der Waals surface area contributed by atoms with Crippen LogP contribution in [0.3, 0.4) is 0 Å². The van der Waals surface area contributed by atoms with Gasteiger partial charge < -0.3 is 20.1 Å². The molecule has 2 aromatic heterocycles. The van der Waals surface area contributed by atoms with Gasteiger partial charge in [-0.25, -0.2) is 4.39 Å². The second kappa shape index (κ2) is 8.31. The molecule has 5 rings (SSSR count). The lowest BCUT2D eigenvalue weighted by Crippen LogP contribution is -1.97. The molecule has 0 spiro atoms. The van der Waals surface area contributed by atoms with Crippen molar-refractivity contribution in [3.8, 4) is 28.6 Å². The molecule has 164 valence electrons. The Morgan fingerprint density at radius 3 is 2.36 bits per heavy atom. The smallest absolute Gasteiger partial charge is 0.201 e. The monoisotopic (exact) mass is 439 g/mol. The first-order valence-electron chi connectivity index (χ1n) is 10.5. The number of aromatic nitrogens is 2. The highest BCUT2D eigenvalue weighted by molar-refractivity contribution is 5.92. The number of ether oxygens (including phenoxy) is 1. The minimum Gasteiger partial charge on any atom is -0.494 e. The van der Waals surface area contributed by atoms with Gasteiger partial charge in [0.2, 0.25) is 5.88 Å². The molecule has 0 unspecified atom stereocenters. The number of nitrogens with zero attached hydrogens (tertiary/aromatic N) is 2.